The van der Waals surface area contributed by atoms with Crippen LogP contribution in [0.4, 0.5) is 0 Å². The molecule has 0 atom stereocenters. The minimum atomic E-state index is -1.23. The Balaban J connectivity index is 2.50. The summed E-state index contributed by atoms with van der Waals surface area (Å²) in [6.07, 6.45) is 11.5. The Morgan fingerprint density at radius 2 is 1.24 bits per heavy atom. The van der Waals surface area contributed by atoms with Gasteiger partial charge in [0, 0.05) is 0 Å². The van der Waals surface area contributed by atoms with Gasteiger partial charge in [-0.2, -0.15) is 0 Å². The van der Waals surface area contributed by atoms with Gasteiger partial charge in [-0.25, -0.2) is 4.79 Å². The highest BCUT2D eigenvalue weighted by Gasteiger charge is 2.35. The maximum absolute atomic E-state index is 11.6. The zero-order chi connectivity index (χ0) is 12.6. The van der Waals surface area contributed by atoms with Crippen LogP contribution in [0.5, 0.6) is 0 Å². The second kappa shape index (κ2) is 7.70. The lowest BCUT2D eigenvalue weighted by Gasteiger charge is -2.25. The van der Waals surface area contributed by atoms with E-state index in [-0.39, 0.29) is 0 Å². The van der Waals surface area contributed by atoms with E-state index in [1.165, 1.54) is 39.2 Å². The minimum absolute atomic E-state index is 0.449. The number of aliphatic hydroxyl groups is 1. The summed E-state index contributed by atoms with van der Waals surface area (Å²) >= 11 is 0. The second-order valence-electron chi connectivity index (χ2n) is 5.21. The summed E-state index contributed by atoms with van der Waals surface area (Å²) in [6, 6.07) is 0. The van der Waals surface area contributed by atoms with Crippen molar-refractivity contribution in [3.63, 3.8) is 0 Å². The molecule has 0 aromatic rings. The fourth-order valence-electron chi connectivity index (χ4n) is 2.59. The van der Waals surface area contributed by atoms with Gasteiger partial charge < -0.3 is 9.84 Å². The van der Waals surface area contributed by atoms with Gasteiger partial charge in [-0.3, -0.25) is 0 Å². The molecule has 0 spiro atoms. The SMILES string of the molecule is COC(=O)C1(O)CCCCCCCCCCC1. The van der Waals surface area contributed by atoms with Gasteiger partial charge in [0.25, 0.3) is 0 Å². The molecule has 1 fully saturated rings. The molecule has 1 saturated carbocycles. The van der Waals surface area contributed by atoms with E-state index in [4.69, 9.17) is 4.74 Å². The Hall–Kier alpha value is -0.570. The number of methoxy groups -OCH3 is 1. The van der Waals surface area contributed by atoms with Crippen molar-refractivity contribution in [2.45, 2.75) is 76.2 Å². The zero-order valence-electron chi connectivity index (χ0n) is 11.0. The van der Waals surface area contributed by atoms with Gasteiger partial charge >= 0.3 is 5.97 Å². The lowest BCUT2D eigenvalue weighted by molar-refractivity contribution is -0.164. The van der Waals surface area contributed by atoms with E-state index in [0.29, 0.717) is 12.8 Å². The monoisotopic (exact) mass is 242 g/mol. The van der Waals surface area contributed by atoms with Gasteiger partial charge in [0.1, 0.15) is 0 Å². The molecule has 0 bridgehead atoms. The molecule has 0 heterocycles. The standard InChI is InChI=1S/C14H26O3/c1-17-13(15)14(16)11-9-7-5-3-2-4-6-8-10-12-14/h16H,2-12H2,1H3. The van der Waals surface area contributed by atoms with Crippen LogP contribution in [-0.2, 0) is 9.53 Å². The maximum Gasteiger partial charge on any atom is 0.337 e. The van der Waals surface area contributed by atoms with Crippen molar-refractivity contribution in [1.29, 1.82) is 0 Å². The summed E-state index contributed by atoms with van der Waals surface area (Å²) in [5.74, 6) is -0.449. The van der Waals surface area contributed by atoms with Gasteiger partial charge in [0.05, 0.1) is 7.11 Å². The van der Waals surface area contributed by atoms with Gasteiger partial charge in [0.15, 0.2) is 5.60 Å². The van der Waals surface area contributed by atoms with E-state index >= 15 is 0 Å². The molecule has 0 aromatic heterocycles. The second-order valence-corrected chi connectivity index (χ2v) is 5.21. The number of hydrogen-bond donors (Lipinski definition) is 1. The molecule has 0 aromatic carbocycles. The molecule has 100 valence electrons. The summed E-state index contributed by atoms with van der Waals surface area (Å²) in [7, 11) is 1.36. The normalized spacial score (nSPS) is 23.2. The summed E-state index contributed by atoms with van der Waals surface area (Å²) in [5.41, 5.74) is -1.23. The van der Waals surface area contributed by atoms with Gasteiger partial charge in [-0.15, -0.1) is 0 Å². The first-order valence-corrected chi connectivity index (χ1v) is 7.00. The van der Waals surface area contributed by atoms with Crippen molar-refractivity contribution < 1.29 is 14.6 Å². The molecule has 1 aliphatic rings. The molecule has 17 heavy (non-hydrogen) atoms. The topological polar surface area (TPSA) is 46.5 Å². The molecule has 0 saturated heterocycles. The van der Waals surface area contributed by atoms with Gasteiger partial charge in [0.2, 0.25) is 0 Å². The quantitative estimate of drug-likeness (QED) is 0.718. The molecule has 1 rings (SSSR count). The molecule has 0 amide bonds. The third-order valence-corrected chi connectivity index (χ3v) is 3.75. The molecule has 0 radical (unpaired) electrons. The third-order valence-electron chi connectivity index (χ3n) is 3.75. The first-order chi connectivity index (χ1) is 8.19. The van der Waals surface area contributed by atoms with Crippen molar-refractivity contribution in [2.24, 2.45) is 0 Å². The van der Waals surface area contributed by atoms with Gasteiger partial charge in [-0.1, -0.05) is 44.9 Å². The zero-order valence-corrected chi connectivity index (χ0v) is 11.0. The van der Waals surface area contributed by atoms with Gasteiger partial charge in [-0.05, 0) is 25.7 Å². The van der Waals surface area contributed by atoms with Crippen LogP contribution in [0.15, 0.2) is 0 Å². The predicted octanol–water partition coefficient (Wildman–Crippen LogP) is 3.20. The molecule has 1 aliphatic carbocycles. The van der Waals surface area contributed by atoms with Crippen LogP contribution in [0.25, 0.3) is 0 Å². The number of rotatable bonds is 1. The molecular formula is C14H26O3. The maximum atomic E-state index is 11.6. The summed E-state index contributed by atoms with van der Waals surface area (Å²) in [4.78, 5) is 11.6. The average Bonchev–Trinajstić information content (AvgIpc) is 2.32. The van der Waals surface area contributed by atoms with Crippen molar-refractivity contribution in [2.75, 3.05) is 7.11 Å². The van der Waals surface area contributed by atoms with E-state index in [9.17, 15) is 9.90 Å². The molecule has 3 heteroatoms. The minimum Gasteiger partial charge on any atom is -0.467 e. The Morgan fingerprint density at radius 1 is 0.882 bits per heavy atom. The van der Waals surface area contributed by atoms with E-state index in [1.54, 1.807) is 0 Å². The summed E-state index contributed by atoms with van der Waals surface area (Å²) < 4.78 is 4.73. The first kappa shape index (κ1) is 14.5. The highest BCUT2D eigenvalue weighted by atomic mass is 16.5. The first-order valence-electron chi connectivity index (χ1n) is 7.00. The average molecular weight is 242 g/mol. The highest BCUT2D eigenvalue weighted by Crippen LogP contribution is 2.25. The predicted molar refractivity (Wildman–Crippen MR) is 67.8 cm³/mol. The third kappa shape index (κ3) is 5.07. The number of esters is 1. The van der Waals surface area contributed by atoms with E-state index < -0.39 is 11.6 Å². The van der Waals surface area contributed by atoms with Crippen LogP contribution in [-0.4, -0.2) is 23.8 Å². The molecular weight excluding hydrogens is 216 g/mol. The van der Waals surface area contributed by atoms with Crippen LogP contribution in [0.3, 0.4) is 0 Å². The number of carbonyl (C=O) groups excluding carboxylic acids is 1. The molecule has 0 unspecified atom stereocenters. The number of ether oxygens (including phenoxy) is 1. The fourth-order valence-corrected chi connectivity index (χ4v) is 2.59. The van der Waals surface area contributed by atoms with E-state index in [2.05, 4.69) is 0 Å². The lowest BCUT2D eigenvalue weighted by atomic mass is 9.89. The molecule has 3 nitrogen and oxygen atoms in total. The number of hydrogen-bond acceptors (Lipinski definition) is 3. The Kier molecular flexibility index (Phi) is 6.56. The van der Waals surface area contributed by atoms with Crippen LogP contribution < -0.4 is 0 Å². The summed E-state index contributed by atoms with van der Waals surface area (Å²) in [5, 5.41) is 10.3. The Morgan fingerprint density at radius 3 is 1.59 bits per heavy atom. The lowest BCUT2D eigenvalue weighted by Crippen LogP contribution is -2.39. The van der Waals surface area contributed by atoms with E-state index in [0.717, 1.165) is 25.7 Å². The molecule has 0 aliphatic heterocycles. The Labute approximate surface area is 105 Å². The van der Waals surface area contributed by atoms with Crippen molar-refractivity contribution >= 4 is 5.97 Å². The smallest absolute Gasteiger partial charge is 0.337 e. The fraction of sp³-hybridized carbons (Fsp3) is 0.929. The van der Waals surface area contributed by atoms with Crippen LogP contribution in [0.1, 0.15) is 70.6 Å². The Bertz CT molecular complexity index is 214. The van der Waals surface area contributed by atoms with Crippen LogP contribution in [0, 0.1) is 0 Å². The van der Waals surface area contributed by atoms with Crippen LogP contribution >= 0.6 is 0 Å². The largest absolute Gasteiger partial charge is 0.467 e. The van der Waals surface area contributed by atoms with Crippen molar-refractivity contribution in [3.05, 3.63) is 0 Å². The summed E-state index contributed by atoms with van der Waals surface area (Å²) in [6.45, 7) is 0. The molecule has 1 N–H and O–H groups in total. The van der Waals surface area contributed by atoms with Crippen LogP contribution in [0.2, 0.25) is 0 Å². The van der Waals surface area contributed by atoms with Crippen molar-refractivity contribution in [1.82, 2.24) is 0 Å². The number of carbonyl (C=O) groups is 1. The van der Waals surface area contributed by atoms with E-state index in [1.807, 2.05) is 0 Å². The highest BCUT2D eigenvalue weighted by molar-refractivity contribution is 5.79. The van der Waals surface area contributed by atoms with Crippen molar-refractivity contribution in [3.8, 4) is 0 Å².